The highest BCUT2D eigenvalue weighted by Crippen LogP contribution is 2.28. The van der Waals surface area contributed by atoms with Gasteiger partial charge >= 0.3 is 5.69 Å². The summed E-state index contributed by atoms with van der Waals surface area (Å²) < 4.78 is 11.0. The van der Waals surface area contributed by atoms with Crippen LogP contribution >= 0.6 is 0 Å². The standard InChI is InChI=1S/C13H18N2O4/c1-2-10-3-4-13(12(7-10)15(16)17)19-9-11-8-14-5-6-18-11/h3-4,7,11,14H,2,5-6,8-9H2,1H3. The van der Waals surface area contributed by atoms with Crippen molar-refractivity contribution < 1.29 is 14.4 Å². The molecule has 1 aromatic rings. The maximum Gasteiger partial charge on any atom is 0.311 e. The molecule has 0 amide bonds. The molecule has 1 aliphatic rings. The van der Waals surface area contributed by atoms with Crippen LogP contribution in [-0.4, -0.2) is 37.3 Å². The van der Waals surface area contributed by atoms with Gasteiger partial charge < -0.3 is 14.8 Å². The van der Waals surface area contributed by atoms with Crippen molar-refractivity contribution in [3.8, 4) is 5.75 Å². The molecule has 2 rings (SSSR count). The van der Waals surface area contributed by atoms with Crippen molar-refractivity contribution in [1.29, 1.82) is 0 Å². The maximum absolute atomic E-state index is 11.0. The first-order chi connectivity index (χ1) is 9.20. The Bertz CT molecular complexity index is 444. The van der Waals surface area contributed by atoms with Gasteiger partial charge in [0.25, 0.3) is 0 Å². The fourth-order valence-corrected chi connectivity index (χ4v) is 1.96. The molecule has 1 aromatic carbocycles. The van der Waals surface area contributed by atoms with Crippen molar-refractivity contribution in [2.75, 3.05) is 26.3 Å². The van der Waals surface area contributed by atoms with Crippen molar-refractivity contribution in [2.45, 2.75) is 19.4 Å². The van der Waals surface area contributed by atoms with Crippen LogP contribution in [0.25, 0.3) is 0 Å². The van der Waals surface area contributed by atoms with Gasteiger partial charge in [0, 0.05) is 19.2 Å². The van der Waals surface area contributed by atoms with E-state index in [0.717, 1.165) is 18.5 Å². The molecule has 1 N–H and O–H groups in total. The molecular formula is C13H18N2O4. The summed E-state index contributed by atoms with van der Waals surface area (Å²) in [4.78, 5) is 10.6. The molecule has 0 aromatic heterocycles. The molecule has 0 saturated carbocycles. The van der Waals surface area contributed by atoms with E-state index in [-0.39, 0.29) is 11.8 Å². The highest BCUT2D eigenvalue weighted by molar-refractivity contribution is 5.48. The summed E-state index contributed by atoms with van der Waals surface area (Å²) in [5.74, 6) is 0.302. The van der Waals surface area contributed by atoms with Crippen LogP contribution in [0.2, 0.25) is 0 Å². The van der Waals surface area contributed by atoms with Gasteiger partial charge in [-0.15, -0.1) is 0 Å². The molecule has 1 aliphatic heterocycles. The average Bonchev–Trinajstić information content (AvgIpc) is 2.46. The van der Waals surface area contributed by atoms with E-state index in [1.807, 2.05) is 13.0 Å². The van der Waals surface area contributed by atoms with E-state index in [1.54, 1.807) is 12.1 Å². The summed E-state index contributed by atoms with van der Waals surface area (Å²) in [7, 11) is 0. The molecule has 0 bridgehead atoms. The lowest BCUT2D eigenvalue weighted by atomic mass is 10.1. The first-order valence-electron chi connectivity index (χ1n) is 6.43. The minimum atomic E-state index is -0.408. The molecule has 1 unspecified atom stereocenters. The van der Waals surface area contributed by atoms with Gasteiger partial charge in [-0.05, 0) is 18.1 Å². The number of nitrogens with one attached hydrogen (secondary N) is 1. The number of rotatable bonds is 5. The molecular weight excluding hydrogens is 248 g/mol. The van der Waals surface area contributed by atoms with Crippen LogP contribution in [0.5, 0.6) is 5.75 Å². The van der Waals surface area contributed by atoms with Crippen molar-refractivity contribution >= 4 is 5.69 Å². The quantitative estimate of drug-likeness (QED) is 0.646. The minimum absolute atomic E-state index is 0.0168. The van der Waals surface area contributed by atoms with Crippen molar-refractivity contribution in [1.82, 2.24) is 5.32 Å². The Morgan fingerprint density at radius 2 is 2.42 bits per heavy atom. The first kappa shape index (κ1) is 13.8. The van der Waals surface area contributed by atoms with E-state index in [1.165, 1.54) is 0 Å². The second-order valence-corrected chi connectivity index (χ2v) is 4.42. The molecule has 1 fully saturated rings. The third-order valence-corrected chi connectivity index (χ3v) is 3.06. The molecule has 1 saturated heterocycles. The number of benzene rings is 1. The van der Waals surface area contributed by atoms with Crippen LogP contribution in [0.4, 0.5) is 5.69 Å². The lowest BCUT2D eigenvalue weighted by molar-refractivity contribution is -0.386. The van der Waals surface area contributed by atoms with Crippen LogP contribution < -0.4 is 10.1 Å². The van der Waals surface area contributed by atoms with Crippen molar-refractivity contribution in [3.63, 3.8) is 0 Å². The number of nitro groups is 1. The third kappa shape index (κ3) is 3.65. The number of morpholine rings is 1. The summed E-state index contributed by atoms with van der Waals surface area (Å²) in [6, 6.07) is 5.07. The zero-order chi connectivity index (χ0) is 13.7. The molecule has 19 heavy (non-hydrogen) atoms. The van der Waals surface area contributed by atoms with Crippen molar-refractivity contribution in [2.24, 2.45) is 0 Å². The van der Waals surface area contributed by atoms with Gasteiger partial charge in [0.05, 0.1) is 11.5 Å². The second kappa shape index (κ2) is 6.49. The van der Waals surface area contributed by atoms with E-state index in [2.05, 4.69) is 5.32 Å². The summed E-state index contributed by atoms with van der Waals surface area (Å²) >= 11 is 0. The normalized spacial score (nSPS) is 19.1. The van der Waals surface area contributed by atoms with Crippen molar-refractivity contribution in [3.05, 3.63) is 33.9 Å². The number of hydrogen-bond acceptors (Lipinski definition) is 5. The molecule has 6 nitrogen and oxygen atoms in total. The molecule has 104 valence electrons. The van der Waals surface area contributed by atoms with Crippen LogP contribution in [-0.2, 0) is 11.2 Å². The Labute approximate surface area is 111 Å². The molecule has 0 spiro atoms. The lowest BCUT2D eigenvalue weighted by Gasteiger charge is -2.23. The van der Waals surface area contributed by atoms with E-state index < -0.39 is 4.92 Å². The molecule has 6 heteroatoms. The zero-order valence-corrected chi connectivity index (χ0v) is 10.9. The Kier molecular flexibility index (Phi) is 4.70. The predicted octanol–water partition coefficient (Wildman–Crippen LogP) is 1.52. The van der Waals surface area contributed by atoms with Gasteiger partial charge in [0.2, 0.25) is 0 Å². The van der Waals surface area contributed by atoms with Gasteiger partial charge in [-0.2, -0.15) is 0 Å². The van der Waals surface area contributed by atoms with Crippen LogP contribution in [0.3, 0.4) is 0 Å². The minimum Gasteiger partial charge on any atom is -0.484 e. The Morgan fingerprint density at radius 3 is 3.05 bits per heavy atom. The van der Waals surface area contributed by atoms with Gasteiger partial charge in [0.15, 0.2) is 5.75 Å². The Balaban J connectivity index is 2.04. The van der Waals surface area contributed by atoms with Gasteiger partial charge in [-0.1, -0.05) is 13.0 Å². The van der Waals surface area contributed by atoms with E-state index in [4.69, 9.17) is 9.47 Å². The molecule has 1 heterocycles. The van der Waals surface area contributed by atoms with Gasteiger partial charge in [-0.3, -0.25) is 10.1 Å². The van der Waals surface area contributed by atoms with Crippen LogP contribution in [0.1, 0.15) is 12.5 Å². The summed E-state index contributed by atoms with van der Waals surface area (Å²) in [5.41, 5.74) is 0.942. The van der Waals surface area contributed by atoms with E-state index in [0.29, 0.717) is 25.5 Å². The van der Waals surface area contributed by atoms with Gasteiger partial charge in [0.1, 0.15) is 12.7 Å². The monoisotopic (exact) mass is 266 g/mol. The topological polar surface area (TPSA) is 73.6 Å². The third-order valence-electron chi connectivity index (χ3n) is 3.06. The second-order valence-electron chi connectivity index (χ2n) is 4.42. The fraction of sp³-hybridized carbons (Fsp3) is 0.538. The Hall–Kier alpha value is -1.66. The van der Waals surface area contributed by atoms with Gasteiger partial charge in [-0.25, -0.2) is 0 Å². The maximum atomic E-state index is 11.0. The summed E-state index contributed by atoms with van der Waals surface area (Å²) in [6.45, 7) is 4.47. The molecule has 1 atom stereocenters. The predicted molar refractivity (Wildman–Crippen MR) is 70.6 cm³/mol. The first-order valence-corrected chi connectivity index (χ1v) is 6.43. The summed E-state index contributed by atoms with van der Waals surface area (Å²) in [6.07, 6.45) is 0.704. The SMILES string of the molecule is CCc1ccc(OCC2CNCCO2)c([N+](=O)[O-])c1. The lowest BCUT2D eigenvalue weighted by Crippen LogP contribution is -2.41. The highest BCUT2D eigenvalue weighted by Gasteiger charge is 2.19. The number of ether oxygens (including phenoxy) is 2. The molecule has 0 aliphatic carbocycles. The van der Waals surface area contributed by atoms with E-state index >= 15 is 0 Å². The zero-order valence-electron chi connectivity index (χ0n) is 10.9. The van der Waals surface area contributed by atoms with E-state index in [9.17, 15) is 10.1 Å². The number of aryl methyl sites for hydroxylation is 1. The number of nitrogens with zero attached hydrogens (tertiary/aromatic N) is 1. The Morgan fingerprint density at radius 1 is 1.58 bits per heavy atom. The fourth-order valence-electron chi connectivity index (χ4n) is 1.96. The highest BCUT2D eigenvalue weighted by atomic mass is 16.6. The largest absolute Gasteiger partial charge is 0.484 e. The smallest absolute Gasteiger partial charge is 0.311 e. The number of hydrogen-bond donors (Lipinski definition) is 1. The van der Waals surface area contributed by atoms with Crippen LogP contribution in [0.15, 0.2) is 18.2 Å². The van der Waals surface area contributed by atoms with Crippen LogP contribution in [0, 0.1) is 10.1 Å². The summed E-state index contributed by atoms with van der Waals surface area (Å²) in [5, 5.41) is 14.2. The average molecular weight is 266 g/mol. The number of nitro benzene ring substituents is 1. The molecule has 0 radical (unpaired) electrons.